The van der Waals surface area contributed by atoms with E-state index in [-0.39, 0.29) is 11.3 Å². The predicted molar refractivity (Wildman–Crippen MR) is 139 cm³/mol. The van der Waals surface area contributed by atoms with Crippen LogP contribution < -0.4 is 10.9 Å². The number of ether oxygens (including phenoxy) is 1. The monoisotopic (exact) mass is 468 g/mol. The molecule has 6 nitrogen and oxygen atoms in total. The number of pyridine rings is 1. The highest BCUT2D eigenvalue weighted by atomic mass is 16.5. The highest BCUT2D eigenvalue weighted by molar-refractivity contribution is 6.07. The third-order valence-electron chi connectivity index (χ3n) is 6.03. The second-order valence-electron chi connectivity index (χ2n) is 8.90. The molecule has 1 aromatic heterocycles. The molecule has 0 aliphatic carbocycles. The number of hydrogen-bond donors (Lipinski definition) is 1. The van der Waals surface area contributed by atoms with Crippen LogP contribution in [0.25, 0.3) is 21.9 Å². The number of hydrogen-bond acceptors (Lipinski definition) is 4. The van der Waals surface area contributed by atoms with E-state index < -0.39 is 18.5 Å². The molecule has 1 amide bonds. The molecule has 1 heterocycles. The molecular formula is C29H28N2O4. The number of fused-ring (bicyclic) bond motifs is 1. The molecule has 0 radical (unpaired) electrons. The lowest BCUT2D eigenvalue weighted by molar-refractivity contribution is -0.119. The highest BCUT2D eigenvalue weighted by Gasteiger charge is 2.23. The van der Waals surface area contributed by atoms with Gasteiger partial charge in [0, 0.05) is 23.7 Å². The van der Waals surface area contributed by atoms with Gasteiger partial charge in [0.25, 0.3) is 11.5 Å². The van der Waals surface area contributed by atoms with Gasteiger partial charge in [-0.3, -0.25) is 9.59 Å². The maximum atomic E-state index is 13.2. The molecule has 0 bridgehead atoms. The highest BCUT2D eigenvalue weighted by Crippen LogP contribution is 2.31. The topological polar surface area (TPSA) is 77.4 Å². The fraction of sp³-hybridized carbons (Fsp3) is 0.207. The van der Waals surface area contributed by atoms with E-state index in [0.717, 1.165) is 16.7 Å². The first-order chi connectivity index (χ1) is 16.8. The molecule has 0 aliphatic heterocycles. The minimum Gasteiger partial charge on any atom is -0.451 e. The summed E-state index contributed by atoms with van der Waals surface area (Å²) in [5, 5.41) is 3.90. The van der Waals surface area contributed by atoms with Gasteiger partial charge in [0.15, 0.2) is 6.61 Å². The van der Waals surface area contributed by atoms with Crippen molar-refractivity contribution in [2.45, 2.75) is 26.7 Å². The Morgan fingerprint density at radius 2 is 1.54 bits per heavy atom. The molecule has 0 unspecified atom stereocenters. The Bertz CT molecular complexity index is 1450. The lowest BCUT2D eigenvalue weighted by Crippen LogP contribution is -2.28. The molecule has 0 fully saturated rings. The van der Waals surface area contributed by atoms with E-state index in [2.05, 4.69) is 19.2 Å². The summed E-state index contributed by atoms with van der Waals surface area (Å²) >= 11 is 0. The van der Waals surface area contributed by atoms with Crippen LogP contribution in [0.5, 0.6) is 0 Å². The third-order valence-corrected chi connectivity index (χ3v) is 6.03. The van der Waals surface area contributed by atoms with Crippen molar-refractivity contribution in [1.29, 1.82) is 0 Å². The van der Waals surface area contributed by atoms with E-state index in [0.29, 0.717) is 27.9 Å². The molecule has 178 valence electrons. The Hall–Kier alpha value is -4.19. The predicted octanol–water partition coefficient (Wildman–Crippen LogP) is 5.43. The molecular weight excluding hydrogens is 440 g/mol. The van der Waals surface area contributed by atoms with Crippen LogP contribution in [0.3, 0.4) is 0 Å². The first kappa shape index (κ1) is 24.0. The molecule has 1 N–H and O–H groups in total. The van der Waals surface area contributed by atoms with Crippen LogP contribution in [0, 0.1) is 6.92 Å². The fourth-order valence-electron chi connectivity index (χ4n) is 4.06. The van der Waals surface area contributed by atoms with Gasteiger partial charge in [-0.2, -0.15) is 0 Å². The number of esters is 1. The van der Waals surface area contributed by atoms with E-state index in [9.17, 15) is 14.4 Å². The van der Waals surface area contributed by atoms with Gasteiger partial charge in [-0.1, -0.05) is 74.0 Å². The largest absolute Gasteiger partial charge is 0.451 e. The average molecular weight is 469 g/mol. The zero-order chi connectivity index (χ0) is 25.1. The van der Waals surface area contributed by atoms with Crippen LogP contribution in [0.2, 0.25) is 0 Å². The van der Waals surface area contributed by atoms with Crippen molar-refractivity contribution in [3.8, 4) is 11.1 Å². The SMILES string of the molecule is Cc1ccc(-c2c(C(=O)OCC(=O)Nc3ccc(C(C)C)cc3)n(C)c(=O)c3ccccc23)cc1. The molecule has 0 spiro atoms. The molecule has 0 saturated heterocycles. The number of anilines is 1. The van der Waals surface area contributed by atoms with E-state index in [1.165, 1.54) is 4.57 Å². The molecule has 35 heavy (non-hydrogen) atoms. The second-order valence-corrected chi connectivity index (χ2v) is 8.90. The summed E-state index contributed by atoms with van der Waals surface area (Å²) in [5.41, 5.74) is 4.03. The van der Waals surface area contributed by atoms with Crippen LogP contribution in [0.1, 0.15) is 41.4 Å². The summed E-state index contributed by atoms with van der Waals surface area (Å²) in [7, 11) is 1.54. The van der Waals surface area contributed by atoms with Gasteiger partial charge in [-0.05, 0) is 47.6 Å². The van der Waals surface area contributed by atoms with Crippen molar-refractivity contribution >= 4 is 28.3 Å². The smallest absolute Gasteiger partial charge is 0.356 e. The minimum atomic E-state index is -0.740. The van der Waals surface area contributed by atoms with Gasteiger partial charge in [-0.25, -0.2) is 4.79 Å². The number of nitrogens with one attached hydrogen (secondary N) is 1. The van der Waals surface area contributed by atoms with Gasteiger partial charge in [0.05, 0.1) is 0 Å². The first-order valence-electron chi connectivity index (χ1n) is 11.5. The van der Waals surface area contributed by atoms with Crippen molar-refractivity contribution in [3.63, 3.8) is 0 Å². The summed E-state index contributed by atoms with van der Waals surface area (Å²) in [6, 6.07) is 22.4. The number of carbonyl (C=O) groups is 2. The summed E-state index contributed by atoms with van der Waals surface area (Å²) < 4.78 is 6.68. The number of benzene rings is 3. The number of aryl methyl sites for hydroxylation is 1. The Morgan fingerprint density at radius 1 is 0.914 bits per heavy atom. The van der Waals surface area contributed by atoms with Crippen molar-refractivity contribution < 1.29 is 14.3 Å². The molecule has 6 heteroatoms. The van der Waals surface area contributed by atoms with Gasteiger partial charge in [0.2, 0.25) is 0 Å². The average Bonchev–Trinajstić information content (AvgIpc) is 2.85. The fourth-order valence-corrected chi connectivity index (χ4v) is 4.06. The maximum absolute atomic E-state index is 13.2. The zero-order valence-corrected chi connectivity index (χ0v) is 20.3. The second kappa shape index (κ2) is 9.97. The Morgan fingerprint density at radius 3 is 2.17 bits per heavy atom. The van der Waals surface area contributed by atoms with E-state index in [1.807, 2.05) is 67.6 Å². The van der Waals surface area contributed by atoms with Crippen LogP contribution in [0.4, 0.5) is 5.69 Å². The number of nitrogens with zero attached hydrogens (tertiary/aromatic N) is 1. The molecule has 0 saturated carbocycles. The minimum absolute atomic E-state index is 0.103. The summed E-state index contributed by atoms with van der Waals surface area (Å²) in [4.78, 5) is 38.7. The summed E-state index contributed by atoms with van der Waals surface area (Å²) in [5.74, 6) is -0.813. The van der Waals surface area contributed by atoms with Crippen molar-refractivity contribution in [3.05, 3.63) is 100.0 Å². The van der Waals surface area contributed by atoms with Crippen LogP contribution in [-0.2, 0) is 16.6 Å². The zero-order valence-electron chi connectivity index (χ0n) is 20.3. The number of rotatable bonds is 6. The van der Waals surface area contributed by atoms with Crippen LogP contribution >= 0.6 is 0 Å². The quantitative estimate of drug-likeness (QED) is 0.383. The normalized spacial score (nSPS) is 11.0. The van der Waals surface area contributed by atoms with E-state index >= 15 is 0 Å². The first-order valence-corrected chi connectivity index (χ1v) is 11.5. The standard InChI is InChI=1S/C29H28N2O4/c1-18(2)20-13-15-22(16-14-20)30-25(32)17-35-29(34)27-26(21-11-9-19(3)10-12-21)23-7-5-6-8-24(23)28(33)31(27)4/h5-16,18H,17H2,1-4H3,(H,30,32). The van der Waals surface area contributed by atoms with Crippen molar-refractivity contribution in [2.75, 3.05) is 11.9 Å². The lowest BCUT2D eigenvalue weighted by atomic mass is 9.96. The van der Waals surface area contributed by atoms with Gasteiger partial charge < -0.3 is 14.6 Å². The third kappa shape index (κ3) is 5.01. The van der Waals surface area contributed by atoms with E-state index in [4.69, 9.17) is 4.74 Å². The van der Waals surface area contributed by atoms with Crippen molar-refractivity contribution in [2.24, 2.45) is 7.05 Å². The number of carbonyl (C=O) groups excluding carboxylic acids is 2. The van der Waals surface area contributed by atoms with Crippen molar-refractivity contribution in [1.82, 2.24) is 4.57 Å². The van der Waals surface area contributed by atoms with Gasteiger partial charge in [-0.15, -0.1) is 0 Å². The number of amides is 1. The molecule has 0 atom stereocenters. The molecule has 3 aromatic carbocycles. The van der Waals surface area contributed by atoms with Gasteiger partial charge >= 0.3 is 5.97 Å². The van der Waals surface area contributed by atoms with Gasteiger partial charge in [0.1, 0.15) is 5.69 Å². The molecule has 4 rings (SSSR count). The Balaban J connectivity index is 1.63. The lowest BCUT2D eigenvalue weighted by Gasteiger charge is -2.17. The number of aromatic nitrogens is 1. The van der Waals surface area contributed by atoms with Crippen LogP contribution in [-0.4, -0.2) is 23.1 Å². The Labute approximate surface area is 204 Å². The maximum Gasteiger partial charge on any atom is 0.356 e. The van der Waals surface area contributed by atoms with E-state index in [1.54, 1.807) is 19.2 Å². The molecule has 4 aromatic rings. The molecule has 0 aliphatic rings. The Kier molecular flexibility index (Phi) is 6.82. The summed E-state index contributed by atoms with van der Waals surface area (Å²) in [6.45, 7) is 5.70. The van der Waals surface area contributed by atoms with Crippen LogP contribution in [0.15, 0.2) is 77.6 Å². The summed E-state index contributed by atoms with van der Waals surface area (Å²) in [6.07, 6.45) is 0.